The van der Waals surface area contributed by atoms with Gasteiger partial charge in [0.15, 0.2) is 0 Å². The van der Waals surface area contributed by atoms with E-state index in [0.717, 1.165) is 16.9 Å². The molecule has 1 unspecified atom stereocenters. The van der Waals surface area contributed by atoms with Crippen LogP contribution in [-0.2, 0) is 27.5 Å². The summed E-state index contributed by atoms with van der Waals surface area (Å²) in [6.07, 6.45) is 0.822. The summed E-state index contributed by atoms with van der Waals surface area (Å²) in [5, 5.41) is 0. The predicted molar refractivity (Wildman–Crippen MR) is 97.4 cm³/mol. The van der Waals surface area contributed by atoms with Crippen molar-refractivity contribution in [3.05, 3.63) is 65.7 Å². The largest absolute Gasteiger partial charge is 0.497 e. The third kappa shape index (κ3) is 3.72. The number of methoxy groups -OCH3 is 1. The van der Waals surface area contributed by atoms with Crippen molar-refractivity contribution >= 4 is 11.9 Å². The third-order valence-electron chi connectivity index (χ3n) is 4.87. The normalized spacial score (nSPS) is 19.5. The Hall–Kier alpha value is -2.82. The summed E-state index contributed by atoms with van der Waals surface area (Å²) < 4.78 is 10.7. The van der Waals surface area contributed by atoms with Crippen LogP contribution in [0.5, 0.6) is 5.75 Å². The van der Waals surface area contributed by atoms with Gasteiger partial charge < -0.3 is 14.4 Å². The summed E-state index contributed by atoms with van der Waals surface area (Å²) in [4.78, 5) is 26.8. The van der Waals surface area contributed by atoms with E-state index in [1.54, 1.807) is 18.9 Å². The van der Waals surface area contributed by atoms with Crippen LogP contribution in [0.4, 0.5) is 0 Å². The van der Waals surface area contributed by atoms with Gasteiger partial charge in [-0.1, -0.05) is 42.5 Å². The Morgan fingerprint density at radius 1 is 1.08 bits per heavy atom. The molecule has 5 nitrogen and oxygen atoms in total. The average Bonchev–Trinajstić information content (AvgIpc) is 2.97. The number of hydrogen-bond acceptors (Lipinski definition) is 4. The molecule has 1 aliphatic heterocycles. The van der Waals surface area contributed by atoms with Crippen molar-refractivity contribution in [3.8, 4) is 5.75 Å². The SMILES string of the molecule is COc1ccc(CN2C(=O)CCC2(C)C(=O)OCc2ccccc2)cc1. The number of hydrogen-bond donors (Lipinski definition) is 0. The number of amides is 1. The molecule has 1 amide bonds. The second-order valence-electron chi connectivity index (χ2n) is 6.66. The quantitative estimate of drug-likeness (QED) is 0.748. The van der Waals surface area contributed by atoms with Gasteiger partial charge in [0, 0.05) is 13.0 Å². The van der Waals surface area contributed by atoms with E-state index in [-0.39, 0.29) is 18.5 Å². The zero-order valence-electron chi connectivity index (χ0n) is 15.1. The van der Waals surface area contributed by atoms with Gasteiger partial charge in [-0.05, 0) is 36.6 Å². The van der Waals surface area contributed by atoms with E-state index in [4.69, 9.17) is 9.47 Å². The number of rotatable bonds is 6. The molecule has 26 heavy (non-hydrogen) atoms. The Labute approximate surface area is 153 Å². The highest BCUT2D eigenvalue weighted by atomic mass is 16.5. The van der Waals surface area contributed by atoms with E-state index in [1.807, 2.05) is 54.6 Å². The first kappa shape index (κ1) is 18.0. The van der Waals surface area contributed by atoms with Crippen LogP contribution in [0.15, 0.2) is 54.6 Å². The summed E-state index contributed by atoms with van der Waals surface area (Å²) in [7, 11) is 1.61. The maximum absolute atomic E-state index is 12.8. The Balaban J connectivity index is 1.70. The van der Waals surface area contributed by atoms with E-state index in [1.165, 1.54) is 0 Å². The molecule has 1 heterocycles. The zero-order chi connectivity index (χ0) is 18.6. The Morgan fingerprint density at radius 3 is 2.42 bits per heavy atom. The molecular formula is C21H23NO4. The fraction of sp³-hybridized carbons (Fsp3) is 0.333. The molecule has 5 heteroatoms. The van der Waals surface area contributed by atoms with Crippen LogP contribution in [0.2, 0.25) is 0 Å². The van der Waals surface area contributed by atoms with Gasteiger partial charge in [-0.25, -0.2) is 4.79 Å². The van der Waals surface area contributed by atoms with E-state index in [2.05, 4.69) is 0 Å². The zero-order valence-corrected chi connectivity index (χ0v) is 15.1. The highest BCUT2D eigenvalue weighted by Crippen LogP contribution is 2.33. The number of benzene rings is 2. The van der Waals surface area contributed by atoms with Crippen LogP contribution < -0.4 is 4.74 Å². The van der Waals surface area contributed by atoms with Gasteiger partial charge >= 0.3 is 5.97 Å². The molecule has 136 valence electrons. The van der Waals surface area contributed by atoms with Gasteiger partial charge in [0.1, 0.15) is 17.9 Å². The minimum absolute atomic E-state index is 0.0278. The Morgan fingerprint density at radius 2 is 1.77 bits per heavy atom. The second-order valence-corrected chi connectivity index (χ2v) is 6.66. The van der Waals surface area contributed by atoms with Gasteiger partial charge in [-0.2, -0.15) is 0 Å². The van der Waals surface area contributed by atoms with Crippen LogP contribution in [-0.4, -0.2) is 29.4 Å². The van der Waals surface area contributed by atoms with Crippen molar-refractivity contribution in [2.75, 3.05) is 7.11 Å². The van der Waals surface area contributed by atoms with Crippen molar-refractivity contribution in [2.45, 2.75) is 38.5 Å². The lowest BCUT2D eigenvalue weighted by Gasteiger charge is -2.33. The van der Waals surface area contributed by atoms with E-state index in [0.29, 0.717) is 19.4 Å². The molecule has 0 N–H and O–H groups in total. The Kier molecular flexibility index (Phi) is 5.26. The van der Waals surface area contributed by atoms with Crippen LogP contribution >= 0.6 is 0 Å². The summed E-state index contributed by atoms with van der Waals surface area (Å²) >= 11 is 0. The number of carbonyl (C=O) groups excluding carboxylic acids is 2. The molecule has 0 bridgehead atoms. The Bertz CT molecular complexity index is 772. The number of carbonyl (C=O) groups is 2. The fourth-order valence-corrected chi connectivity index (χ4v) is 3.16. The number of esters is 1. The molecule has 1 atom stereocenters. The molecular weight excluding hydrogens is 330 g/mol. The minimum Gasteiger partial charge on any atom is -0.497 e. The average molecular weight is 353 g/mol. The lowest BCUT2D eigenvalue weighted by molar-refractivity contribution is -0.160. The van der Waals surface area contributed by atoms with Crippen molar-refractivity contribution in [3.63, 3.8) is 0 Å². The summed E-state index contributed by atoms with van der Waals surface area (Å²) in [5.41, 5.74) is 0.935. The molecule has 0 aliphatic carbocycles. The third-order valence-corrected chi connectivity index (χ3v) is 4.87. The number of ether oxygens (including phenoxy) is 2. The maximum Gasteiger partial charge on any atom is 0.332 e. The molecule has 3 rings (SSSR count). The molecule has 0 spiro atoms. The van der Waals surface area contributed by atoms with E-state index in [9.17, 15) is 9.59 Å². The van der Waals surface area contributed by atoms with Crippen LogP contribution in [0.1, 0.15) is 30.9 Å². The lowest BCUT2D eigenvalue weighted by atomic mass is 9.98. The van der Waals surface area contributed by atoms with Crippen molar-refractivity contribution < 1.29 is 19.1 Å². The van der Waals surface area contributed by atoms with Crippen molar-refractivity contribution in [1.29, 1.82) is 0 Å². The van der Waals surface area contributed by atoms with Gasteiger partial charge in [0.05, 0.1) is 7.11 Å². The first-order valence-corrected chi connectivity index (χ1v) is 8.67. The summed E-state index contributed by atoms with van der Waals surface area (Å²) in [5.74, 6) is 0.368. The molecule has 0 saturated carbocycles. The molecule has 1 fully saturated rings. The minimum atomic E-state index is -0.939. The van der Waals surface area contributed by atoms with Crippen LogP contribution in [0.25, 0.3) is 0 Å². The van der Waals surface area contributed by atoms with Gasteiger partial charge in [-0.3, -0.25) is 4.79 Å². The topological polar surface area (TPSA) is 55.8 Å². The summed E-state index contributed by atoms with van der Waals surface area (Å²) in [6.45, 7) is 2.37. The van der Waals surface area contributed by atoms with E-state index < -0.39 is 5.54 Å². The van der Waals surface area contributed by atoms with Crippen LogP contribution in [0, 0.1) is 0 Å². The van der Waals surface area contributed by atoms with Crippen LogP contribution in [0.3, 0.4) is 0 Å². The molecule has 1 saturated heterocycles. The molecule has 1 aliphatic rings. The van der Waals surface area contributed by atoms with Crippen molar-refractivity contribution in [2.24, 2.45) is 0 Å². The number of nitrogens with zero attached hydrogens (tertiary/aromatic N) is 1. The predicted octanol–water partition coefficient (Wildman–Crippen LogP) is 3.32. The molecule has 2 aromatic rings. The highest BCUT2D eigenvalue weighted by molar-refractivity contribution is 5.91. The van der Waals surface area contributed by atoms with Gasteiger partial charge in [-0.15, -0.1) is 0 Å². The van der Waals surface area contributed by atoms with E-state index >= 15 is 0 Å². The van der Waals surface area contributed by atoms with Gasteiger partial charge in [0.2, 0.25) is 5.91 Å². The first-order valence-electron chi connectivity index (χ1n) is 8.67. The smallest absolute Gasteiger partial charge is 0.332 e. The molecule has 2 aromatic carbocycles. The monoisotopic (exact) mass is 353 g/mol. The fourth-order valence-electron chi connectivity index (χ4n) is 3.16. The lowest BCUT2D eigenvalue weighted by Crippen LogP contribution is -2.49. The van der Waals surface area contributed by atoms with Gasteiger partial charge in [0.25, 0.3) is 0 Å². The van der Waals surface area contributed by atoms with Crippen molar-refractivity contribution in [1.82, 2.24) is 4.90 Å². The first-order chi connectivity index (χ1) is 12.5. The highest BCUT2D eigenvalue weighted by Gasteiger charge is 2.48. The number of likely N-dealkylation sites (tertiary alicyclic amines) is 1. The standard InChI is InChI=1S/C21H23NO4/c1-21(20(24)26-15-17-6-4-3-5-7-17)13-12-19(23)22(21)14-16-8-10-18(25-2)11-9-16/h3-11H,12-15H2,1-2H3. The molecule has 0 radical (unpaired) electrons. The molecule has 0 aromatic heterocycles. The second kappa shape index (κ2) is 7.60. The maximum atomic E-state index is 12.8. The summed E-state index contributed by atoms with van der Waals surface area (Å²) in [6, 6.07) is 17.0.